The standard InChI is InChI=1S/C24H32FN3O3S/c1-18(2)23-26-22(17-32-23)24(30)28-9-4-3-8-27(10-12-31-13-11-28)15-19-6-5-7-20(14-19)21(25)16-29/h5-7,14,16-18,21H,3-4,8-13,15H2,1-2H3. The minimum atomic E-state index is -1.58. The monoisotopic (exact) mass is 461 g/mol. The molecule has 0 saturated carbocycles. The molecule has 3 rings (SSSR count). The fourth-order valence-corrected chi connectivity index (χ4v) is 4.52. The summed E-state index contributed by atoms with van der Waals surface area (Å²) >= 11 is 1.54. The fourth-order valence-electron chi connectivity index (χ4n) is 3.71. The van der Waals surface area contributed by atoms with Gasteiger partial charge in [0.2, 0.25) is 0 Å². The van der Waals surface area contributed by atoms with E-state index in [9.17, 15) is 14.0 Å². The van der Waals surface area contributed by atoms with Crippen molar-refractivity contribution in [3.05, 3.63) is 51.5 Å². The van der Waals surface area contributed by atoms with Gasteiger partial charge in [0.25, 0.3) is 5.91 Å². The highest BCUT2D eigenvalue weighted by atomic mass is 32.1. The molecule has 1 fully saturated rings. The van der Waals surface area contributed by atoms with Crippen LogP contribution in [0.4, 0.5) is 4.39 Å². The topological polar surface area (TPSA) is 62.7 Å². The Balaban J connectivity index is 1.57. The zero-order chi connectivity index (χ0) is 22.9. The van der Waals surface area contributed by atoms with Crippen LogP contribution in [0.2, 0.25) is 0 Å². The molecular formula is C24H32FN3O3S. The van der Waals surface area contributed by atoms with Crippen LogP contribution in [0.25, 0.3) is 0 Å². The van der Waals surface area contributed by atoms with Gasteiger partial charge < -0.3 is 9.64 Å². The van der Waals surface area contributed by atoms with Crippen LogP contribution in [0.3, 0.4) is 0 Å². The lowest BCUT2D eigenvalue weighted by molar-refractivity contribution is -0.112. The Hall–Kier alpha value is -2.16. The van der Waals surface area contributed by atoms with Gasteiger partial charge in [0.15, 0.2) is 12.5 Å². The summed E-state index contributed by atoms with van der Waals surface area (Å²) in [6.07, 6.45) is 0.570. The van der Waals surface area contributed by atoms with E-state index in [1.807, 2.05) is 16.3 Å². The van der Waals surface area contributed by atoms with Gasteiger partial charge in [0, 0.05) is 37.5 Å². The van der Waals surface area contributed by atoms with E-state index in [4.69, 9.17) is 4.74 Å². The van der Waals surface area contributed by atoms with Crippen LogP contribution in [0.15, 0.2) is 29.6 Å². The zero-order valence-corrected chi connectivity index (χ0v) is 19.7. The number of thiazole rings is 1. The Labute approximate surface area is 193 Å². The highest BCUT2D eigenvalue weighted by molar-refractivity contribution is 7.09. The quantitative estimate of drug-likeness (QED) is 0.603. The SMILES string of the molecule is CC(C)c1nc(C(=O)N2CCCCN(Cc3cccc(C(F)C=O)c3)CCOCC2)cs1. The normalized spacial score (nSPS) is 17.7. The second-order valence-electron chi connectivity index (χ2n) is 8.40. The van der Waals surface area contributed by atoms with Crippen LogP contribution in [0.5, 0.6) is 0 Å². The smallest absolute Gasteiger partial charge is 0.273 e. The molecule has 6 nitrogen and oxygen atoms in total. The van der Waals surface area contributed by atoms with Gasteiger partial charge >= 0.3 is 0 Å². The van der Waals surface area contributed by atoms with Crippen molar-refractivity contribution in [3.63, 3.8) is 0 Å². The number of aldehydes is 1. The average molecular weight is 462 g/mol. The predicted octanol–water partition coefficient (Wildman–Crippen LogP) is 4.23. The van der Waals surface area contributed by atoms with Crippen LogP contribution in [-0.4, -0.2) is 66.4 Å². The summed E-state index contributed by atoms with van der Waals surface area (Å²) in [5.41, 5.74) is 1.89. The molecule has 1 aromatic heterocycles. The molecule has 0 aliphatic carbocycles. The van der Waals surface area contributed by atoms with E-state index < -0.39 is 6.17 Å². The number of rotatable bonds is 6. The van der Waals surface area contributed by atoms with Crippen molar-refractivity contribution in [3.8, 4) is 0 Å². The van der Waals surface area contributed by atoms with Crippen molar-refractivity contribution in [2.45, 2.75) is 45.3 Å². The summed E-state index contributed by atoms with van der Waals surface area (Å²) < 4.78 is 19.5. The number of alkyl halides is 1. The molecule has 174 valence electrons. The van der Waals surface area contributed by atoms with Gasteiger partial charge in [-0.2, -0.15) is 0 Å². The van der Waals surface area contributed by atoms with Crippen molar-refractivity contribution in [2.75, 3.05) is 39.4 Å². The summed E-state index contributed by atoms with van der Waals surface area (Å²) in [6, 6.07) is 7.13. The molecule has 0 radical (unpaired) electrons. The molecule has 0 bridgehead atoms. The molecule has 1 aromatic carbocycles. The van der Waals surface area contributed by atoms with Gasteiger partial charge in [0.05, 0.1) is 18.2 Å². The third kappa shape index (κ3) is 6.92. The number of carbonyl (C=O) groups excluding carboxylic acids is 2. The average Bonchev–Trinajstić information content (AvgIpc) is 3.28. The third-order valence-electron chi connectivity index (χ3n) is 5.53. The second kappa shape index (κ2) is 12.2. The molecule has 1 amide bonds. The van der Waals surface area contributed by atoms with Crippen LogP contribution < -0.4 is 0 Å². The first-order chi connectivity index (χ1) is 15.5. The van der Waals surface area contributed by atoms with E-state index in [1.54, 1.807) is 18.2 Å². The number of aromatic nitrogens is 1. The highest BCUT2D eigenvalue weighted by Gasteiger charge is 2.20. The summed E-state index contributed by atoms with van der Waals surface area (Å²) in [6.45, 7) is 8.72. The van der Waals surface area contributed by atoms with Crippen molar-refractivity contribution < 1.29 is 18.7 Å². The molecule has 1 unspecified atom stereocenters. The largest absolute Gasteiger partial charge is 0.378 e. The molecule has 2 aromatic rings. The number of halogens is 1. The molecule has 0 N–H and O–H groups in total. The van der Waals surface area contributed by atoms with E-state index in [1.165, 1.54) is 11.3 Å². The first-order valence-electron chi connectivity index (χ1n) is 11.2. The van der Waals surface area contributed by atoms with Gasteiger partial charge in [-0.3, -0.25) is 14.5 Å². The Bertz CT molecular complexity index is 889. The minimum Gasteiger partial charge on any atom is -0.378 e. The van der Waals surface area contributed by atoms with Crippen LogP contribution >= 0.6 is 11.3 Å². The fraction of sp³-hybridized carbons (Fsp3) is 0.542. The van der Waals surface area contributed by atoms with Crippen LogP contribution in [0, 0.1) is 0 Å². The van der Waals surface area contributed by atoms with Gasteiger partial charge in [-0.1, -0.05) is 38.1 Å². The lowest BCUT2D eigenvalue weighted by atomic mass is 10.1. The van der Waals surface area contributed by atoms with E-state index in [0.29, 0.717) is 56.3 Å². The maximum atomic E-state index is 13.7. The predicted molar refractivity (Wildman–Crippen MR) is 124 cm³/mol. The van der Waals surface area contributed by atoms with Crippen LogP contribution in [0.1, 0.15) is 65.4 Å². The molecule has 1 aliphatic heterocycles. The number of benzene rings is 1. The molecule has 0 spiro atoms. The van der Waals surface area contributed by atoms with E-state index in [0.717, 1.165) is 36.5 Å². The van der Waals surface area contributed by atoms with Crippen molar-refractivity contribution in [1.82, 2.24) is 14.8 Å². The molecule has 8 heteroatoms. The Morgan fingerprint density at radius 2 is 2.00 bits per heavy atom. The number of amides is 1. The number of hydrogen-bond acceptors (Lipinski definition) is 6. The zero-order valence-electron chi connectivity index (χ0n) is 18.8. The summed E-state index contributed by atoms with van der Waals surface area (Å²) in [5.74, 6) is 0.286. The maximum absolute atomic E-state index is 13.7. The minimum absolute atomic E-state index is 0.0272. The number of nitrogens with zero attached hydrogens (tertiary/aromatic N) is 3. The summed E-state index contributed by atoms with van der Waals surface area (Å²) in [7, 11) is 0. The summed E-state index contributed by atoms with van der Waals surface area (Å²) in [4.78, 5) is 32.3. The van der Waals surface area contributed by atoms with Gasteiger partial charge in [0.1, 0.15) is 5.69 Å². The first-order valence-corrected chi connectivity index (χ1v) is 12.1. The molecule has 32 heavy (non-hydrogen) atoms. The van der Waals surface area contributed by atoms with Gasteiger partial charge in [-0.25, -0.2) is 9.37 Å². The van der Waals surface area contributed by atoms with Crippen molar-refractivity contribution in [2.24, 2.45) is 0 Å². The first kappa shape index (κ1) is 24.5. The van der Waals surface area contributed by atoms with E-state index in [-0.39, 0.29) is 5.91 Å². The van der Waals surface area contributed by atoms with E-state index >= 15 is 0 Å². The van der Waals surface area contributed by atoms with Gasteiger partial charge in [-0.15, -0.1) is 11.3 Å². The third-order valence-corrected chi connectivity index (χ3v) is 6.67. The number of hydrogen-bond donors (Lipinski definition) is 0. The van der Waals surface area contributed by atoms with Crippen molar-refractivity contribution in [1.29, 1.82) is 0 Å². The molecule has 1 atom stereocenters. The van der Waals surface area contributed by atoms with Crippen molar-refractivity contribution >= 4 is 23.5 Å². The number of ether oxygens (including phenoxy) is 1. The lowest BCUT2D eigenvalue weighted by Crippen LogP contribution is -2.35. The molecule has 1 aliphatic rings. The van der Waals surface area contributed by atoms with E-state index in [2.05, 4.69) is 23.7 Å². The van der Waals surface area contributed by atoms with Crippen LogP contribution in [-0.2, 0) is 16.1 Å². The highest BCUT2D eigenvalue weighted by Crippen LogP contribution is 2.21. The Kier molecular flexibility index (Phi) is 9.32. The number of carbonyl (C=O) groups is 2. The second-order valence-corrected chi connectivity index (χ2v) is 9.29. The lowest BCUT2D eigenvalue weighted by Gasteiger charge is -2.22. The van der Waals surface area contributed by atoms with Gasteiger partial charge in [-0.05, 0) is 30.5 Å². The summed E-state index contributed by atoms with van der Waals surface area (Å²) in [5, 5.41) is 2.83. The maximum Gasteiger partial charge on any atom is 0.273 e. The Morgan fingerprint density at radius 1 is 1.22 bits per heavy atom. The Morgan fingerprint density at radius 3 is 2.75 bits per heavy atom. The molecular weight excluding hydrogens is 429 g/mol. The molecule has 1 saturated heterocycles. The molecule has 2 heterocycles.